The van der Waals surface area contributed by atoms with Gasteiger partial charge in [-0.2, -0.15) is 15.0 Å². The number of anilines is 2. The molecule has 0 fully saturated rings. The van der Waals surface area contributed by atoms with Gasteiger partial charge in [0.05, 0.1) is 5.75 Å². The molecule has 0 saturated carbocycles. The Balaban J connectivity index is 2.33. The van der Waals surface area contributed by atoms with Crippen molar-refractivity contribution in [1.29, 1.82) is 0 Å². The van der Waals surface area contributed by atoms with Gasteiger partial charge in [0, 0.05) is 0 Å². The van der Waals surface area contributed by atoms with Crippen LogP contribution in [0.2, 0.25) is 0 Å². The van der Waals surface area contributed by atoms with Crippen molar-refractivity contribution in [1.82, 2.24) is 29.7 Å². The van der Waals surface area contributed by atoms with E-state index in [4.69, 9.17) is 16.6 Å². The van der Waals surface area contributed by atoms with Crippen LogP contribution in [0.3, 0.4) is 0 Å². The molecule has 11 heteroatoms. The lowest BCUT2D eigenvalue weighted by Gasteiger charge is -2.04. The maximum Gasteiger partial charge on any atom is 0.313 e. The standard InChI is InChI=1S/C7H8N8O2S/c8-4-11-5(9)13-6(12-4)15-2-10-14-7(15)18-1-3(16)17/h2H,1H2,(H,16,17)(H4,8,9,11,12,13). The third kappa shape index (κ3) is 2.63. The molecule has 0 spiro atoms. The third-order valence-corrected chi connectivity index (χ3v) is 2.64. The molecule has 2 heterocycles. The van der Waals surface area contributed by atoms with E-state index in [-0.39, 0.29) is 23.6 Å². The molecule has 94 valence electrons. The predicted octanol–water partition coefficient (Wildman–Crippen LogP) is -1.21. The zero-order valence-corrected chi connectivity index (χ0v) is 9.70. The van der Waals surface area contributed by atoms with Gasteiger partial charge in [-0.15, -0.1) is 10.2 Å². The summed E-state index contributed by atoms with van der Waals surface area (Å²) < 4.78 is 1.38. The molecule has 5 N–H and O–H groups in total. The number of carboxylic acids is 1. The second kappa shape index (κ2) is 4.83. The minimum atomic E-state index is -0.968. The summed E-state index contributed by atoms with van der Waals surface area (Å²) in [6.07, 6.45) is 1.33. The van der Waals surface area contributed by atoms with E-state index >= 15 is 0 Å². The fraction of sp³-hybridized carbons (Fsp3) is 0.143. The van der Waals surface area contributed by atoms with Crippen LogP contribution in [0.25, 0.3) is 5.95 Å². The van der Waals surface area contributed by atoms with Gasteiger partial charge in [-0.05, 0) is 0 Å². The second-order valence-electron chi connectivity index (χ2n) is 3.02. The van der Waals surface area contributed by atoms with Crippen LogP contribution >= 0.6 is 11.8 Å². The summed E-state index contributed by atoms with van der Waals surface area (Å²) in [7, 11) is 0. The van der Waals surface area contributed by atoms with Crippen LogP contribution in [-0.4, -0.2) is 46.5 Å². The van der Waals surface area contributed by atoms with Crippen LogP contribution < -0.4 is 11.5 Å². The molecule has 2 aromatic rings. The van der Waals surface area contributed by atoms with Crippen LogP contribution in [0.4, 0.5) is 11.9 Å². The molecule has 0 aliphatic rings. The maximum absolute atomic E-state index is 10.5. The maximum atomic E-state index is 10.5. The minimum Gasteiger partial charge on any atom is -0.481 e. The largest absolute Gasteiger partial charge is 0.481 e. The van der Waals surface area contributed by atoms with Crippen molar-refractivity contribution in [2.24, 2.45) is 0 Å². The summed E-state index contributed by atoms with van der Waals surface area (Å²) in [5.74, 6) is -1.07. The normalized spacial score (nSPS) is 10.4. The third-order valence-electron chi connectivity index (χ3n) is 1.71. The Morgan fingerprint density at radius 2 is 2.00 bits per heavy atom. The molecule has 0 bridgehead atoms. The Morgan fingerprint density at radius 3 is 2.61 bits per heavy atom. The predicted molar refractivity (Wildman–Crippen MR) is 61.9 cm³/mol. The van der Waals surface area contributed by atoms with Crippen molar-refractivity contribution in [3.63, 3.8) is 0 Å². The lowest BCUT2D eigenvalue weighted by atomic mass is 10.8. The lowest BCUT2D eigenvalue weighted by molar-refractivity contribution is -0.133. The van der Waals surface area contributed by atoms with Crippen molar-refractivity contribution in [3.05, 3.63) is 6.33 Å². The zero-order valence-electron chi connectivity index (χ0n) is 8.89. The highest BCUT2D eigenvalue weighted by Gasteiger charge is 2.12. The Kier molecular flexibility index (Phi) is 3.23. The van der Waals surface area contributed by atoms with Gasteiger partial charge in [0.25, 0.3) is 0 Å². The quantitative estimate of drug-likeness (QED) is 0.574. The topological polar surface area (TPSA) is 159 Å². The molecular weight excluding hydrogens is 260 g/mol. The number of thioether (sulfide) groups is 1. The average molecular weight is 268 g/mol. The fourth-order valence-corrected chi connectivity index (χ4v) is 1.72. The number of nitrogens with two attached hydrogens (primary N) is 2. The van der Waals surface area contributed by atoms with Crippen molar-refractivity contribution < 1.29 is 9.90 Å². The molecule has 10 nitrogen and oxygen atoms in total. The Bertz CT molecular complexity index is 564. The lowest BCUT2D eigenvalue weighted by Crippen LogP contribution is -2.09. The van der Waals surface area contributed by atoms with E-state index in [0.717, 1.165) is 11.8 Å². The first-order valence-electron chi connectivity index (χ1n) is 4.58. The fourth-order valence-electron chi connectivity index (χ4n) is 1.09. The highest BCUT2D eigenvalue weighted by atomic mass is 32.2. The summed E-state index contributed by atoms with van der Waals surface area (Å²) in [5.41, 5.74) is 10.9. The summed E-state index contributed by atoms with van der Waals surface area (Å²) in [5, 5.41) is 16.3. The van der Waals surface area contributed by atoms with Crippen LogP contribution in [0, 0.1) is 0 Å². The van der Waals surface area contributed by atoms with E-state index in [1.165, 1.54) is 10.9 Å². The second-order valence-corrected chi connectivity index (χ2v) is 3.96. The molecule has 0 atom stereocenters. The Morgan fingerprint density at radius 1 is 1.33 bits per heavy atom. The molecule has 18 heavy (non-hydrogen) atoms. The van der Waals surface area contributed by atoms with Gasteiger partial charge in [-0.3, -0.25) is 4.79 Å². The smallest absolute Gasteiger partial charge is 0.313 e. The van der Waals surface area contributed by atoms with E-state index in [0.29, 0.717) is 5.16 Å². The SMILES string of the molecule is Nc1nc(N)nc(-n2cnnc2SCC(=O)O)n1. The van der Waals surface area contributed by atoms with Crippen molar-refractivity contribution in [3.8, 4) is 5.95 Å². The number of carboxylic acid groups (broad SMARTS) is 1. The van der Waals surface area contributed by atoms with Gasteiger partial charge in [-0.1, -0.05) is 11.8 Å². The van der Waals surface area contributed by atoms with E-state index in [1.807, 2.05) is 0 Å². The molecule has 0 unspecified atom stereocenters. The number of aliphatic carboxylic acids is 1. The number of rotatable bonds is 4. The monoisotopic (exact) mass is 268 g/mol. The number of nitrogens with zero attached hydrogens (tertiary/aromatic N) is 6. The number of aromatic nitrogens is 6. The van der Waals surface area contributed by atoms with E-state index < -0.39 is 5.97 Å². The van der Waals surface area contributed by atoms with Gasteiger partial charge in [0.1, 0.15) is 6.33 Å². The van der Waals surface area contributed by atoms with Crippen LogP contribution in [0.5, 0.6) is 0 Å². The van der Waals surface area contributed by atoms with Gasteiger partial charge in [0.2, 0.25) is 17.8 Å². The summed E-state index contributed by atoms with van der Waals surface area (Å²) in [4.78, 5) is 21.8. The highest BCUT2D eigenvalue weighted by molar-refractivity contribution is 7.99. The summed E-state index contributed by atoms with van der Waals surface area (Å²) in [6.45, 7) is 0. The number of carbonyl (C=O) groups is 1. The van der Waals surface area contributed by atoms with Crippen LogP contribution in [0.15, 0.2) is 11.5 Å². The summed E-state index contributed by atoms with van der Waals surface area (Å²) >= 11 is 0.976. The average Bonchev–Trinajstić information content (AvgIpc) is 2.72. The van der Waals surface area contributed by atoms with E-state index in [1.54, 1.807) is 0 Å². The first-order valence-corrected chi connectivity index (χ1v) is 5.57. The van der Waals surface area contributed by atoms with Gasteiger partial charge in [0.15, 0.2) is 5.16 Å². The minimum absolute atomic E-state index is 0.0413. The Hall–Kier alpha value is -2.43. The molecule has 0 aliphatic carbocycles. The van der Waals surface area contributed by atoms with Crippen molar-refractivity contribution in [2.45, 2.75) is 5.16 Å². The number of hydrogen-bond acceptors (Lipinski definition) is 9. The molecular formula is C7H8N8O2S. The van der Waals surface area contributed by atoms with Crippen molar-refractivity contribution in [2.75, 3.05) is 17.2 Å². The van der Waals surface area contributed by atoms with E-state index in [2.05, 4.69) is 25.1 Å². The summed E-state index contributed by atoms with van der Waals surface area (Å²) in [6, 6.07) is 0. The molecule has 0 aromatic carbocycles. The van der Waals surface area contributed by atoms with Gasteiger partial charge >= 0.3 is 5.97 Å². The van der Waals surface area contributed by atoms with Crippen LogP contribution in [-0.2, 0) is 4.79 Å². The molecule has 0 amide bonds. The molecule has 0 aliphatic heterocycles. The highest BCUT2D eigenvalue weighted by Crippen LogP contribution is 2.17. The first kappa shape index (κ1) is 12.0. The number of nitrogen functional groups attached to an aromatic ring is 2. The zero-order chi connectivity index (χ0) is 13.1. The molecule has 0 radical (unpaired) electrons. The molecule has 2 aromatic heterocycles. The molecule has 0 saturated heterocycles. The number of hydrogen-bond donors (Lipinski definition) is 3. The first-order chi connectivity index (χ1) is 8.56. The van der Waals surface area contributed by atoms with Crippen molar-refractivity contribution >= 4 is 29.6 Å². The Labute approximate surface area is 104 Å². The van der Waals surface area contributed by atoms with E-state index in [9.17, 15) is 4.79 Å². The van der Waals surface area contributed by atoms with Gasteiger partial charge in [-0.25, -0.2) is 4.57 Å². The van der Waals surface area contributed by atoms with Gasteiger partial charge < -0.3 is 16.6 Å². The molecule has 2 rings (SSSR count). The van der Waals surface area contributed by atoms with Crippen LogP contribution in [0.1, 0.15) is 0 Å².